The highest BCUT2D eigenvalue weighted by molar-refractivity contribution is 4.86. The van der Waals surface area contributed by atoms with Crippen LogP contribution in [0.25, 0.3) is 0 Å². The van der Waals surface area contributed by atoms with Gasteiger partial charge in [-0.25, -0.2) is 0 Å². The van der Waals surface area contributed by atoms with Gasteiger partial charge in [-0.05, 0) is 65.6 Å². The molecule has 2 rings (SSSR count). The molecule has 1 N–H and O–H groups in total. The fourth-order valence-electron chi connectivity index (χ4n) is 3.78. The molecule has 0 bridgehead atoms. The third kappa shape index (κ3) is 4.17. The Morgan fingerprint density at radius 1 is 1.21 bits per heavy atom. The van der Waals surface area contributed by atoms with Crippen LogP contribution in [0.15, 0.2) is 0 Å². The fraction of sp³-hybridized carbons (Fsp3) is 1.00. The van der Waals surface area contributed by atoms with E-state index in [4.69, 9.17) is 0 Å². The van der Waals surface area contributed by atoms with Gasteiger partial charge in [0.15, 0.2) is 0 Å². The van der Waals surface area contributed by atoms with Crippen LogP contribution in [0.4, 0.5) is 0 Å². The molecule has 0 aromatic heterocycles. The predicted molar refractivity (Wildman–Crippen MR) is 82.5 cm³/mol. The second-order valence-corrected chi connectivity index (χ2v) is 6.87. The first-order valence-corrected chi connectivity index (χ1v) is 8.31. The van der Waals surface area contributed by atoms with E-state index in [9.17, 15) is 0 Å². The monoisotopic (exact) mass is 267 g/mol. The molecule has 0 aliphatic carbocycles. The molecule has 2 saturated heterocycles. The van der Waals surface area contributed by atoms with E-state index in [0.29, 0.717) is 0 Å². The quantitative estimate of drug-likeness (QED) is 0.824. The molecule has 2 heterocycles. The van der Waals surface area contributed by atoms with Crippen molar-refractivity contribution in [1.29, 1.82) is 0 Å². The number of likely N-dealkylation sites (tertiary alicyclic amines) is 2. The second-order valence-electron chi connectivity index (χ2n) is 6.87. The van der Waals surface area contributed by atoms with Crippen LogP contribution in [0.1, 0.15) is 47.0 Å². The molecule has 0 aromatic carbocycles. The van der Waals surface area contributed by atoms with Gasteiger partial charge in [-0.2, -0.15) is 0 Å². The predicted octanol–water partition coefficient (Wildman–Crippen LogP) is 2.18. The van der Waals surface area contributed by atoms with Gasteiger partial charge in [0.05, 0.1) is 0 Å². The summed E-state index contributed by atoms with van der Waals surface area (Å²) in [6.45, 7) is 15.6. The van der Waals surface area contributed by atoms with E-state index >= 15 is 0 Å². The summed E-state index contributed by atoms with van der Waals surface area (Å²) in [5.41, 5.74) is 0. The van der Waals surface area contributed by atoms with Crippen LogP contribution in [-0.4, -0.2) is 60.6 Å². The van der Waals surface area contributed by atoms with E-state index in [-0.39, 0.29) is 0 Å². The van der Waals surface area contributed by atoms with Crippen LogP contribution in [0.5, 0.6) is 0 Å². The first-order valence-electron chi connectivity index (χ1n) is 8.31. The Hall–Kier alpha value is -0.120. The smallest absolute Gasteiger partial charge is 0.00939 e. The van der Waals surface area contributed by atoms with Gasteiger partial charge in [0.1, 0.15) is 0 Å². The van der Waals surface area contributed by atoms with Gasteiger partial charge < -0.3 is 15.1 Å². The van der Waals surface area contributed by atoms with E-state index < -0.39 is 0 Å². The largest absolute Gasteiger partial charge is 0.314 e. The van der Waals surface area contributed by atoms with Gasteiger partial charge >= 0.3 is 0 Å². The summed E-state index contributed by atoms with van der Waals surface area (Å²) >= 11 is 0. The first-order chi connectivity index (χ1) is 9.10. The summed E-state index contributed by atoms with van der Waals surface area (Å²) in [5.74, 6) is 0.903. The molecule has 3 nitrogen and oxygen atoms in total. The van der Waals surface area contributed by atoms with E-state index in [0.717, 1.165) is 30.6 Å². The van der Waals surface area contributed by atoms with Gasteiger partial charge in [0, 0.05) is 31.2 Å². The van der Waals surface area contributed by atoms with Crippen molar-refractivity contribution in [2.45, 2.75) is 65.1 Å². The minimum atomic E-state index is 0.724. The van der Waals surface area contributed by atoms with Crippen molar-refractivity contribution in [3.63, 3.8) is 0 Å². The normalized spacial score (nSPS) is 34.3. The highest BCUT2D eigenvalue weighted by atomic mass is 15.2. The zero-order valence-electron chi connectivity index (χ0n) is 13.4. The molecule has 0 radical (unpaired) electrons. The molecular weight excluding hydrogens is 234 g/mol. The van der Waals surface area contributed by atoms with Crippen LogP contribution >= 0.6 is 0 Å². The number of nitrogens with one attached hydrogen (secondary N) is 1. The van der Waals surface area contributed by atoms with Crippen molar-refractivity contribution in [1.82, 2.24) is 15.1 Å². The van der Waals surface area contributed by atoms with E-state index in [2.05, 4.69) is 42.8 Å². The molecule has 0 aromatic rings. The Bertz CT molecular complexity index is 267. The van der Waals surface area contributed by atoms with E-state index in [1.165, 1.54) is 45.4 Å². The average Bonchev–Trinajstić information content (AvgIpc) is 2.82. The van der Waals surface area contributed by atoms with Crippen LogP contribution in [-0.2, 0) is 0 Å². The maximum atomic E-state index is 3.62. The Morgan fingerprint density at radius 3 is 2.58 bits per heavy atom. The Kier molecular flexibility index (Phi) is 5.67. The lowest BCUT2D eigenvalue weighted by Gasteiger charge is -2.39. The molecule has 3 heteroatoms. The summed E-state index contributed by atoms with van der Waals surface area (Å²) in [6.07, 6.45) is 4.06. The molecule has 0 spiro atoms. The highest BCUT2D eigenvalue weighted by Crippen LogP contribution is 2.24. The molecule has 3 atom stereocenters. The Labute approximate surface area is 119 Å². The third-order valence-electron chi connectivity index (χ3n) is 5.05. The van der Waals surface area contributed by atoms with Crippen molar-refractivity contribution in [2.24, 2.45) is 5.92 Å². The second kappa shape index (κ2) is 7.05. The highest BCUT2D eigenvalue weighted by Gasteiger charge is 2.30. The molecule has 0 saturated carbocycles. The molecule has 3 unspecified atom stereocenters. The standard InChI is InChI=1S/C16H33N3/c1-5-17-16-7-9-19(14(4)10-16)12-15-6-8-18(11-15)13(2)3/h13-17H,5-12H2,1-4H3. The van der Waals surface area contributed by atoms with Crippen molar-refractivity contribution in [3.8, 4) is 0 Å². The maximum absolute atomic E-state index is 3.62. The summed E-state index contributed by atoms with van der Waals surface area (Å²) in [7, 11) is 0. The molecular formula is C16H33N3. The molecule has 19 heavy (non-hydrogen) atoms. The molecule has 0 amide bonds. The summed E-state index contributed by atoms with van der Waals surface area (Å²) in [6, 6.07) is 2.24. The number of rotatable bonds is 5. The van der Waals surface area contributed by atoms with Gasteiger partial charge in [0.25, 0.3) is 0 Å². The number of nitrogens with zero attached hydrogens (tertiary/aromatic N) is 2. The van der Waals surface area contributed by atoms with Crippen molar-refractivity contribution in [2.75, 3.05) is 32.7 Å². The van der Waals surface area contributed by atoms with Crippen LogP contribution in [0.3, 0.4) is 0 Å². The lowest BCUT2D eigenvalue weighted by molar-refractivity contribution is 0.115. The number of piperidine rings is 1. The summed E-state index contributed by atoms with van der Waals surface area (Å²) < 4.78 is 0. The van der Waals surface area contributed by atoms with Gasteiger partial charge in [-0.15, -0.1) is 0 Å². The van der Waals surface area contributed by atoms with Crippen molar-refractivity contribution >= 4 is 0 Å². The van der Waals surface area contributed by atoms with Crippen LogP contribution < -0.4 is 5.32 Å². The Balaban J connectivity index is 1.75. The zero-order valence-corrected chi connectivity index (χ0v) is 13.4. The number of hydrogen-bond acceptors (Lipinski definition) is 3. The topological polar surface area (TPSA) is 18.5 Å². The van der Waals surface area contributed by atoms with Gasteiger partial charge in [-0.1, -0.05) is 6.92 Å². The van der Waals surface area contributed by atoms with E-state index in [1.54, 1.807) is 0 Å². The molecule has 2 fully saturated rings. The van der Waals surface area contributed by atoms with Gasteiger partial charge in [0.2, 0.25) is 0 Å². The fourth-order valence-corrected chi connectivity index (χ4v) is 3.78. The summed E-state index contributed by atoms with van der Waals surface area (Å²) in [4.78, 5) is 5.38. The van der Waals surface area contributed by atoms with Crippen molar-refractivity contribution < 1.29 is 0 Å². The molecule has 112 valence electrons. The van der Waals surface area contributed by atoms with Crippen molar-refractivity contribution in [3.05, 3.63) is 0 Å². The van der Waals surface area contributed by atoms with Crippen LogP contribution in [0, 0.1) is 5.92 Å². The van der Waals surface area contributed by atoms with E-state index in [1.807, 2.05) is 0 Å². The minimum absolute atomic E-state index is 0.724. The zero-order chi connectivity index (χ0) is 13.8. The lowest BCUT2D eigenvalue weighted by Crippen LogP contribution is -2.49. The average molecular weight is 267 g/mol. The lowest BCUT2D eigenvalue weighted by atomic mass is 9.96. The third-order valence-corrected chi connectivity index (χ3v) is 5.05. The number of hydrogen-bond donors (Lipinski definition) is 1. The minimum Gasteiger partial charge on any atom is -0.314 e. The first kappa shape index (κ1) is 15.3. The molecule has 2 aliphatic rings. The maximum Gasteiger partial charge on any atom is 0.00939 e. The molecule has 2 aliphatic heterocycles. The van der Waals surface area contributed by atoms with Crippen LogP contribution in [0.2, 0.25) is 0 Å². The van der Waals surface area contributed by atoms with Gasteiger partial charge in [-0.3, -0.25) is 0 Å². The summed E-state index contributed by atoms with van der Waals surface area (Å²) in [5, 5.41) is 3.62. The Morgan fingerprint density at radius 2 is 2.00 bits per heavy atom. The SMILES string of the molecule is CCNC1CCN(CC2CCN(C(C)C)C2)C(C)C1.